The molecule has 0 unspecified atom stereocenters. The Morgan fingerprint density at radius 3 is 2.60 bits per heavy atom. The SMILES string of the molecule is CCC[C@H](CBr)CC(=O)O. The van der Waals surface area contributed by atoms with Crippen molar-refractivity contribution >= 4 is 21.9 Å². The smallest absolute Gasteiger partial charge is 0.303 e. The molecule has 0 aliphatic rings. The molecule has 0 bridgehead atoms. The van der Waals surface area contributed by atoms with Crippen molar-refractivity contribution in [3.63, 3.8) is 0 Å². The Kier molecular flexibility index (Phi) is 5.69. The van der Waals surface area contributed by atoms with Gasteiger partial charge in [0.25, 0.3) is 0 Å². The molecule has 3 heteroatoms. The van der Waals surface area contributed by atoms with Gasteiger partial charge in [0, 0.05) is 11.8 Å². The molecule has 0 radical (unpaired) electrons. The largest absolute Gasteiger partial charge is 0.481 e. The molecule has 0 aromatic heterocycles. The van der Waals surface area contributed by atoms with E-state index >= 15 is 0 Å². The predicted octanol–water partition coefficient (Wildman–Crippen LogP) is 2.27. The van der Waals surface area contributed by atoms with E-state index in [0.717, 1.165) is 18.2 Å². The quantitative estimate of drug-likeness (QED) is 0.705. The zero-order valence-corrected chi connectivity index (χ0v) is 7.73. The van der Waals surface area contributed by atoms with Gasteiger partial charge in [-0.25, -0.2) is 0 Å². The van der Waals surface area contributed by atoms with Crippen LogP contribution in [-0.4, -0.2) is 16.4 Å². The molecule has 0 saturated heterocycles. The first kappa shape index (κ1) is 9.95. The molecule has 0 aliphatic carbocycles. The summed E-state index contributed by atoms with van der Waals surface area (Å²) < 4.78 is 0. The van der Waals surface area contributed by atoms with E-state index < -0.39 is 5.97 Å². The number of halogens is 1. The summed E-state index contributed by atoms with van der Waals surface area (Å²) in [5.41, 5.74) is 0. The van der Waals surface area contributed by atoms with Crippen LogP contribution in [0.5, 0.6) is 0 Å². The van der Waals surface area contributed by atoms with E-state index in [9.17, 15) is 4.79 Å². The maximum absolute atomic E-state index is 10.2. The number of alkyl halides is 1. The van der Waals surface area contributed by atoms with Crippen molar-refractivity contribution in [2.24, 2.45) is 5.92 Å². The first-order valence-electron chi connectivity index (χ1n) is 3.48. The maximum Gasteiger partial charge on any atom is 0.303 e. The molecule has 0 aliphatic heterocycles. The molecule has 0 saturated carbocycles. The zero-order valence-electron chi connectivity index (χ0n) is 6.14. The molecular formula is C7H13BrO2. The monoisotopic (exact) mass is 208 g/mol. The van der Waals surface area contributed by atoms with Gasteiger partial charge in [0.15, 0.2) is 0 Å². The molecule has 0 spiro atoms. The Morgan fingerprint density at radius 1 is 1.70 bits per heavy atom. The van der Waals surface area contributed by atoms with Gasteiger partial charge in [-0.15, -0.1) is 0 Å². The van der Waals surface area contributed by atoms with Crippen LogP contribution < -0.4 is 0 Å². The lowest BCUT2D eigenvalue weighted by Crippen LogP contribution is -2.08. The van der Waals surface area contributed by atoms with E-state index in [1.807, 2.05) is 0 Å². The molecule has 0 fully saturated rings. The first-order chi connectivity index (χ1) is 4.70. The molecule has 1 atom stereocenters. The van der Waals surface area contributed by atoms with Crippen LogP contribution in [0.2, 0.25) is 0 Å². The third-order valence-corrected chi connectivity index (χ3v) is 2.29. The van der Waals surface area contributed by atoms with E-state index in [0.29, 0.717) is 12.3 Å². The highest BCUT2D eigenvalue weighted by Crippen LogP contribution is 2.13. The fourth-order valence-corrected chi connectivity index (χ4v) is 1.44. The standard InChI is InChI=1S/C7H13BrO2/c1-2-3-6(5-8)4-7(9)10/h6H,2-5H2,1H3,(H,9,10)/t6-/m0/s1. The first-order valence-corrected chi connectivity index (χ1v) is 4.60. The van der Waals surface area contributed by atoms with Crippen LogP contribution in [0.1, 0.15) is 26.2 Å². The summed E-state index contributed by atoms with van der Waals surface area (Å²) in [5.74, 6) is -0.389. The Bertz CT molecular complexity index is 104. The van der Waals surface area contributed by atoms with Crippen LogP contribution in [0.3, 0.4) is 0 Å². The van der Waals surface area contributed by atoms with Crippen molar-refractivity contribution in [2.45, 2.75) is 26.2 Å². The van der Waals surface area contributed by atoms with Gasteiger partial charge in [-0.2, -0.15) is 0 Å². The molecule has 0 amide bonds. The minimum Gasteiger partial charge on any atom is -0.481 e. The summed E-state index contributed by atoms with van der Waals surface area (Å²) in [6, 6.07) is 0. The van der Waals surface area contributed by atoms with E-state index in [2.05, 4.69) is 22.9 Å². The second kappa shape index (κ2) is 5.71. The molecule has 10 heavy (non-hydrogen) atoms. The van der Waals surface area contributed by atoms with Crippen LogP contribution >= 0.6 is 15.9 Å². The molecule has 0 aromatic rings. The Labute approximate surface area is 69.8 Å². The number of aliphatic carboxylic acids is 1. The van der Waals surface area contributed by atoms with Gasteiger partial charge in [0.2, 0.25) is 0 Å². The Balaban J connectivity index is 3.49. The third kappa shape index (κ3) is 4.79. The second-order valence-corrected chi connectivity index (χ2v) is 3.05. The lowest BCUT2D eigenvalue weighted by atomic mass is 10.0. The van der Waals surface area contributed by atoms with E-state index in [-0.39, 0.29) is 0 Å². The number of carboxylic acids is 1. The lowest BCUT2D eigenvalue weighted by Gasteiger charge is -2.07. The minimum atomic E-state index is -0.696. The summed E-state index contributed by atoms with van der Waals surface area (Å²) in [5, 5.41) is 9.22. The average Bonchev–Trinajstić information content (AvgIpc) is 1.86. The highest BCUT2D eigenvalue weighted by Gasteiger charge is 2.09. The van der Waals surface area contributed by atoms with Gasteiger partial charge < -0.3 is 5.11 Å². The van der Waals surface area contributed by atoms with Gasteiger partial charge in [-0.1, -0.05) is 29.3 Å². The molecule has 1 N–H and O–H groups in total. The summed E-state index contributed by atoms with van der Waals surface area (Å²) in [6.07, 6.45) is 2.35. The topological polar surface area (TPSA) is 37.3 Å². The second-order valence-electron chi connectivity index (χ2n) is 2.41. The van der Waals surface area contributed by atoms with E-state index in [1.54, 1.807) is 0 Å². The fourth-order valence-electron chi connectivity index (χ4n) is 0.889. The maximum atomic E-state index is 10.2. The van der Waals surface area contributed by atoms with E-state index in [4.69, 9.17) is 5.11 Å². The third-order valence-electron chi connectivity index (χ3n) is 1.38. The van der Waals surface area contributed by atoms with Crippen LogP contribution in [-0.2, 0) is 4.79 Å². The zero-order chi connectivity index (χ0) is 7.98. The highest BCUT2D eigenvalue weighted by molar-refractivity contribution is 9.09. The van der Waals surface area contributed by atoms with Crippen LogP contribution in [0, 0.1) is 5.92 Å². The number of hydrogen-bond donors (Lipinski definition) is 1. The lowest BCUT2D eigenvalue weighted by molar-refractivity contribution is -0.137. The van der Waals surface area contributed by atoms with Crippen molar-refractivity contribution in [2.75, 3.05) is 5.33 Å². The summed E-state index contributed by atoms with van der Waals surface area (Å²) in [7, 11) is 0. The van der Waals surface area contributed by atoms with Crippen LogP contribution in [0.25, 0.3) is 0 Å². The highest BCUT2D eigenvalue weighted by atomic mass is 79.9. The van der Waals surface area contributed by atoms with Crippen molar-refractivity contribution in [3.8, 4) is 0 Å². The molecule has 60 valence electrons. The number of carbonyl (C=O) groups is 1. The summed E-state index contributed by atoms with van der Waals surface area (Å²) in [6.45, 7) is 2.07. The van der Waals surface area contributed by atoms with Crippen molar-refractivity contribution in [1.82, 2.24) is 0 Å². The molecule has 0 aromatic carbocycles. The van der Waals surface area contributed by atoms with E-state index in [1.165, 1.54) is 0 Å². The minimum absolute atomic E-state index is 0.291. The van der Waals surface area contributed by atoms with Crippen molar-refractivity contribution < 1.29 is 9.90 Å². The van der Waals surface area contributed by atoms with Gasteiger partial charge in [0.1, 0.15) is 0 Å². The van der Waals surface area contributed by atoms with Gasteiger partial charge >= 0.3 is 5.97 Å². The van der Waals surface area contributed by atoms with Gasteiger partial charge in [-0.3, -0.25) is 4.79 Å². The Hall–Kier alpha value is -0.0500. The van der Waals surface area contributed by atoms with Crippen LogP contribution in [0.15, 0.2) is 0 Å². The van der Waals surface area contributed by atoms with Crippen molar-refractivity contribution in [1.29, 1.82) is 0 Å². The predicted molar refractivity (Wildman–Crippen MR) is 44.4 cm³/mol. The molecule has 0 rings (SSSR count). The molecule has 2 nitrogen and oxygen atoms in total. The average molecular weight is 209 g/mol. The number of rotatable bonds is 5. The van der Waals surface area contributed by atoms with Crippen molar-refractivity contribution in [3.05, 3.63) is 0 Å². The van der Waals surface area contributed by atoms with Gasteiger partial charge in [0.05, 0.1) is 0 Å². The van der Waals surface area contributed by atoms with Crippen LogP contribution in [0.4, 0.5) is 0 Å². The molecular weight excluding hydrogens is 196 g/mol. The molecule has 0 heterocycles. The number of carboxylic acid groups (broad SMARTS) is 1. The normalized spacial score (nSPS) is 13.0. The summed E-state index contributed by atoms with van der Waals surface area (Å²) >= 11 is 3.28. The fraction of sp³-hybridized carbons (Fsp3) is 0.857. The number of hydrogen-bond acceptors (Lipinski definition) is 1. The Morgan fingerprint density at radius 2 is 2.30 bits per heavy atom. The van der Waals surface area contributed by atoms with Gasteiger partial charge in [-0.05, 0) is 12.3 Å². The summed E-state index contributed by atoms with van der Waals surface area (Å²) in [4.78, 5) is 10.2.